The molecule has 2 rings (SSSR count). The third-order valence-electron chi connectivity index (χ3n) is 3.24. The number of benzene rings is 1. The molecule has 0 atom stereocenters. The first-order valence-corrected chi connectivity index (χ1v) is 6.47. The predicted octanol–water partition coefficient (Wildman–Crippen LogP) is 2.78. The normalized spacial score (nSPS) is 11.4. The van der Waals surface area contributed by atoms with Crippen LogP contribution in [-0.2, 0) is 12.5 Å². The van der Waals surface area contributed by atoms with Gasteiger partial charge in [-0.25, -0.2) is 4.98 Å². The summed E-state index contributed by atoms with van der Waals surface area (Å²) >= 11 is 0. The standard InChI is InChI=1S/C16H18N2O2/c1-16(2,3)12-7-5-11(6-8-12)13(19)14(20)15-17-9-10-18(15)4/h5-10H,1-4H3. The van der Waals surface area contributed by atoms with E-state index in [2.05, 4.69) is 25.8 Å². The van der Waals surface area contributed by atoms with Crippen LogP contribution in [0.1, 0.15) is 47.3 Å². The Bertz CT molecular complexity index is 646. The van der Waals surface area contributed by atoms with Crippen molar-refractivity contribution in [3.63, 3.8) is 0 Å². The molecule has 0 amide bonds. The summed E-state index contributed by atoms with van der Waals surface area (Å²) in [5, 5.41) is 0. The summed E-state index contributed by atoms with van der Waals surface area (Å²) < 4.78 is 1.55. The summed E-state index contributed by atoms with van der Waals surface area (Å²) in [6, 6.07) is 7.17. The first-order valence-electron chi connectivity index (χ1n) is 6.47. The maximum absolute atomic E-state index is 12.2. The van der Waals surface area contributed by atoms with Gasteiger partial charge in [0.25, 0.3) is 5.78 Å². The van der Waals surface area contributed by atoms with Crippen molar-refractivity contribution in [2.75, 3.05) is 0 Å². The molecule has 4 nitrogen and oxygen atoms in total. The quantitative estimate of drug-likeness (QED) is 0.636. The number of nitrogens with zero attached hydrogens (tertiary/aromatic N) is 2. The highest BCUT2D eigenvalue weighted by atomic mass is 16.2. The van der Waals surface area contributed by atoms with Gasteiger partial charge < -0.3 is 4.57 Å². The third-order valence-corrected chi connectivity index (χ3v) is 3.24. The maximum Gasteiger partial charge on any atom is 0.268 e. The highest BCUT2D eigenvalue weighted by Gasteiger charge is 2.22. The number of hydrogen-bond donors (Lipinski definition) is 0. The summed E-state index contributed by atoms with van der Waals surface area (Å²) in [5.74, 6) is -0.948. The van der Waals surface area contributed by atoms with Gasteiger partial charge in [-0.15, -0.1) is 0 Å². The molecular formula is C16H18N2O2. The molecule has 0 radical (unpaired) electrons. The van der Waals surface area contributed by atoms with Crippen LogP contribution in [0.25, 0.3) is 0 Å². The van der Waals surface area contributed by atoms with Gasteiger partial charge in [0.2, 0.25) is 5.78 Å². The molecule has 0 aliphatic rings. The van der Waals surface area contributed by atoms with Gasteiger partial charge in [-0.05, 0) is 11.0 Å². The second-order valence-electron chi connectivity index (χ2n) is 5.85. The number of imidazole rings is 1. The summed E-state index contributed by atoms with van der Waals surface area (Å²) in [6.45, 7) is 6.30. The van der Waals surface area contributed by atoms with Crippen LogP contribution in [0, 0.1) is 0 Å². The fourth-order valence-corrected chi connectivity index (χ4v) is 1.94. The Hall–Kier alpha value is -2.23. The number of aryl methyl sites for hydroxylation is 1. The Morgan fingerprint density at radius 2 is 1.65 bits per heavy atom. The average molecular weight is 270 g/mol. The van der Waals surface area contributed by atoms with Crippen molar-refractivity contribution in [2.45, 2.75) is 26.2 Å². The van der Waals surface area contributed by atoms with E-state index in [1.807, 2.05) is 12.1 Å². The molecule has 2 aromatic rings. The van der Waals surface area contributed by atoms with E-state index >= 15 is 0 Å². The molecule has 0 N–H and O–H groups in total. The number of aromatic nitrogens is 2. The molecule has 20 heavy (non-hydrogen) atoms. The number of carbonyl (C=O) groups is 2. The number of ketones is 2. The van der Waals surface area contributed by atoms with E-state index in [9.17, 15) is 9.59 Å². The van der Waals surface area contributed by atoms with Crippen LogP contribution >= 0.6 is 0 Å². The minimum Gasteiger partial charge on any atom is -0.331 e. The number of Topliss-reactive ketones (excluding diaryl/α,β-unsaturated/α-hetero) is 2. The fraction of sp³-hybridized carbons (Fsp3) is 0.312. The zero-order valence-corrected chi connectivity index (χ0v) is 12.2. The topological polar surface area (TPSA) is 52.0 Å². The lowest BCUT2D eigenvalue weighted by atomic mass is 9.86. The molecule has 0 aliphatic heterocycles. The van der Waals surface area contributed by atoms with Crippen LogP contribution in [-0.4, -0.2) is 21.1 Å². The summed E-state index contributed by atoms with van der Waals surface area (Å²) in [5.41, 5.74) is 1.54. The van der Waals surface area contributed by atoms with Crippen LogP contribution < -0.4 is 0 Å². The smallest absolute Gasteiger partial charge is 0.268 e. The Morgan fingerprint density at radius 3 is 2.10 bits per heavy atom. The Kier molecular flexibility index (Phi) is 3.57. The Labute approximate surface area is 118 Å². The minimum absolute atomic E-state index is 0.0191. The number of rotatable bonds is 3. The van der Waals surface area contributed by atoms with Crippen molar-refractivity contribution in [1.82, 2.24) is 9.55 Å². The molecule has 1 aromatic heterocycles. The van der Waals surface area contributed by atoms with Gasteiger partial charge in [-0.1, -0.05) is 45.0 Å². The van der Waals surface area contributed by atoms with Crippen LogP contribution in [0.2, 0.25) is 0 Å². The van der Waals surface area contributed by atoms with Gasteiger partial charge in [-0.3, -0.25) is 9.59 Å². The summed E-state index contributed by atoms with van der Waals surface area (Å²) in [4.78, 5) is 28.1. The van der Waals surface area contributed by atoms with E-state index in [4.69, 9.17) is 0 Å². The molecule has 0 unspecified atom stereocenters. The zero-order valence-electron chi connectivity index (χ0n) is 12.2. The molecule has 4 heteroatoms. The lowest BCUT2D eigenvalue weighted by Gasteiger charge is -2.18. The first-order chi connectivity index (χ1) is 9.30. The second-order valence-corrected chi connectivity index (χ2v) is 5.85. The van der Waals surface area contributed by atoms with Crippen LogP contribution in [0.5, 0.6) is 0 Å². The fourth-order valence-electron chi connectivity index (χ4n) is 1.94. The third kappa shape index (κ3) is 2.69. The van der Waals surface area contributed by atoms with Gasteiger partial charge in [0.05, 0.1) is 0 Å². The SMILES string of the molecule is Cn1ccnc1C(=O)C(=O)c1ccc(C(C)(C)C)cc1. The summed E-state index contributed by atoms with van der Waals surface area (Å²) in [6.07, 6.45) is 3.15. The van der Waals surface area contributed by atoms with Crippen molar-refractivity contribution in [3.05, 3.63) is 53.6 Å². The molecule has 0 spiro atoms. The molecule has 0 bridgehead atoms. The Morgan fingerprint density at radius 1 is 1.05 bits per heavy atom. The zero-order chi connectivity index (χ0) is 14.9. The minimum atomic E-state index is -0.582. The molecule has 0 fully saturated rings. The van der Waals surface area contributed by atoms with Gasteiger partial charge in [0, 0.05) is 25.0 Å². The second kappa shape index (κ2) is 5.04. The van der Waals surface area contributed by atoms with Crippen LogP contribution in [0.4, 0.5) is 0 Å². The van der Waals surface area contributed by atoms with Gasteiger partial charge in [-0.2, -0.15) is 0 Å². The van der Waals surface area contributed by atoms with E-state index in [-0.39, 0.29) is 11.2 Å². The molecule has 1 aromatic carbocycles. The van der Waals surface area contributed by atoms with E-state index in [0.29, 0.717) is 5.56 Å². The lowest BCUT2D eigenvalue weighted by molar-refractivity contribution is 0.0809. The van der Waals surface area contributed by atoms with Crippen LogP contribution in [0.3, 0.4) is 0 Å². The van der Waals surface area contributed by atoms with Crippen molar-refractivity contribution in [1.29, 1.82) is 0 Å². The largest absolute Gasteiger partial charge is 0.331 e. The van der Waals surface area contributed by atoms with E-state index in [0.717, 1.165) is 5.56 Å². The highest BCUT2D eigenvalue weighted by Crippen LogP contribution is 2.22. The Balaban J connectivity index is 2.26. The van der Waals surface area contributed by atoms with Crippen molar-refractivity contribution in [2.24, 2.45) is 7.05 Å². The van der Waals surface area contributed by atoms with Crippen molar-refractivity contribution < 1.29 is 9.59 Å². The number of carbonyl (C=O) groups excluding carboxylic acids is 2. The molecule has 104 valence electrons. The average Bonchev–Trinajstić information content (AvgIpc) is 2.82. The lowest BCUT2D eigenvalue weighted by Crippen LogP contribution is -2.19. The molecule has 0 saturated heterocycles. The molecular weight excluding hydrogens is 252 g/mol. The molecule has 1 heterocycles. The monoisotopic (exact) mass is 270 g/mol. The van der Waals surface area contributed by atoms with Crippen molar-refractivity contribution >= 4 is 11.6 Å². The number of hydrogen-bond acceptors (Lipinski definition) is 3. The molecule has 0 saturated carbocycles. The van der Waals surface area contributed by atoms with E-state index in [1.165, 1.54) is 6.20 Å². The van der Waals surface area contributed by atoms with E-state index < -0.39 is 11.6 Å². The van der Waals surface area contributed by atoms with Crippen LogP contribution in [0.15, 0.2) is 36.7 Å². The maximum atomic E-state index is 12.2. The van der Waals surface area contributed by atoms with Gasteiger partial charge in [0.15, 0.2) is 5.82 Å². The summed E-state index contributed by atoms with van der Waals surface area (Å²) in [7, 11) is 1.69. The van der Waals surface area contributed by atoms with Gasteiger partial charge >= 0.3 is 0 Å². The van der Waals surface area contributed by atoms with Crippen molar-refractivity contribution in [3.8, 4) is 0 Å². The van der Waals surface area contributed by atoms with E-state index in [1.54, 1.807) is 29.9 Å². The molecule has 0 aliphatic carbocycles. The predicted molar refractivity (Wildman–Crippen MR) is 77.0 cm³/mol. The van der Waals surface area contributed by atoms with Gasteiger partial charge in [0.1, 0.15) is 0 Å². The highest BCUT2D eigenvalue weighted by molar-refractivity contribution is 6.48. The first kappa shape index (κ1) is 14.2.